The van der Waals surface area contributed by atoms with Crippen LogP contribution in [0.25, 0.3) is 22.4 Å². The number of hydrogen-bond acceptors (Lipinski definition) is 6. The Kier molecular flexibility index (Phi) is 6.44. The van der Waals surface area contributed by atoms with Gasteiger partial charge in [0.25, 0.3) is 5.91 Å². The number of carbonyl (C=O) groups excluding carboxylic acids is 1. The van der Waals surface area contributed by atoms with E-state index in [1.807, 2.05) is 44.9 Å². The number of aryl methyl sites for hydroxylation is 2. The third-order valence-electron chi connectivity index (χ3n) is 5.64. The van der Waals surface area contributed by atoms with Crippen molar-refractivity contribution in [2.45, 2.75) is 33.5 Å². The zero-order valence-corrected chi connectivity index (χ0v) is 20.2. The van der Waals surface area contributed by atoms with E-state index in [9.17, 15) is 4.79 Å². The van der Waals surface area contributed by atoms with Gasteiger partial charge in [0.15, 0.2) is 5.82 Å². The Morgan fingerprint density at radius 1 is 1.24 bits per heavy atom. The Hall–Kier alpha value is -3.30. The summed E-state index contributed by atoms with van der Waals surface area (Å²) in [4.78, 5) is 24.6. The van der Waals surface area contributed by atoms with Crippen LogP contribution < -0.4 is 5.32 Å². The topological polar surface area (TPSA) is 93.8 Å². The van der Waals surface area contributed by atoms with Crippen LogP contribution in [0.4, 0.5) is 0 Å². The first-order valence-electron chi connectivity index (χ1n) is 10.7. The summed E-state index contributed by atoms with van der Waals surface area (Å²) in [5, 5.41) is 13.1. The van der Waals surface area contributed by atoms with Crippen molar-refractivity contribution in [2.75, 3.05) is 14.1 Å². The van der Waals surface area contributed by atoms with Crippen molar-refractivity contribution in [3.05, 3.63) is 58.1 Å². The zero-order valence-electron chi connectivity index (χ0n) is 19.4. The van der Waals surface area contributed by atoms with Crippen molar-refractivity contribution in [1.29, 1.82) is 0 Å². The molecule has 0 saturated carbocycles. The second-order valence-corrected chi connectivity index (χ2v) is 8.40. The molecule has 0 unspecified atom stereocenters. The number of aromatic nitrogens is 6. The third-order valence-corrected chi connectivity index (χ3v) is 5.87. The molecule has 4 rings (SSSR count). The molecule has 172 valence electrons. The van der Waals surface area contributed by atoms with Crippen LogP contribution in [-0.4, -0.2) is 54.4 Å². The van der Waals surface area contributed by atoms with Gasteiger partial charge in [-0.25, -0.2) is 9.97 Å². The highest BCUT2D eigenvalue weighted by molar-refractivity contribution is 6.31. The predicted octanol–water partition coefficient (Wildman–Crippen LogP) is 3.20. The molecule has 3 aromatic heterocycles. The van der Waals surface area contributed by atoms with Gasteiger partial charge in [0, 0.05) is 55.4 Å². The number of fused-ring (bicyclic) bond motifs is 1. The smallest absolute Gasteiger partial charge is 0.273 e. The van der Waals surface area contributed by atoms with Crippen LogP contribution in [0.3, 0.4) is 0 Å². The van der Waals surface area contributed by atoms with Crippen molar-refractivity contribution in [1.82, 2.24) is 39.7 Å². The molecule has 10 heteroatoms. The molecule has 0 aliphatic rings. The molecule has 0 atom stereocenters. The predicted molar refractivity (Wildman–Crippen MR) is 128 cm³/mol. The lowest BCUT2D eigenvalue weighted by Gasteiger charge is -2.18. The maximum atomic E-state index is 13.6. The number of hydrogen-bond donors (Lipinski definition) is 1. The fourth-order valence-corrected chi connectivity index (χ4v) is 4.02. The number of nitrogens with zero attached hydrogens (tertiary/aromatic N) is 7. The van der Waals surface area contributed by atoms with E-state index < -0.39 is 0 Å². The molecule has 0 spiro atoms. The monoisotopic (exact) mass is 466 g/mol. The molecule has 1 N–H and O–H groups in total. The molecule has 0 radical (unpaired) electrons. The van der Waals surface area contributed by atoms with Gasteiger partial charge in [-0.15, -0.1) is 0 Å². The van der Waals surface area contributed by atoms with E-state index in [1.54, 1.807) is 34.8 Å². The van der Waals surface area contributed by atoms with Crippen molar-refractivity contribution >= 4 is 28.4 Å². The summed E-state index contributed by atoms with van der Waals surface area (Å²) in [5.74, 6) is 0.223. The Morgan fingerprint density at radius 3 is 2.73 bits per heavy atom. The first kappa shape index (κ1) is 22.9. The van der Waals surface area contributed by atoms with E-state index in [4.69, 9.17) is 16.6 Å². The quantitative estimate of drug-likeness (QED) is 0.449. The largest absolute Gasteiger partial charge is 0.336 e. The first-order valence-corrected chi connectivity index (χ1v) is 11.1. The van der Waals surface area contributed by atoms with Crippen molar-refractivity contribution in [3.63, 3.8) is 0 Å². The van der Waals surface area contributed by atoms with Gasteiger partial charge in [0.05, 0.1) is 17.4 Å². The number of halogens is 1. The van der Waals surface area contributed by atoms with Gasteiger partial charge in [-0.2, -0.15) is 10.2 Å². The highest BCUT2D eigenvalue weighted by Crippen LogP contribution is 2.26. The Morgan fingerprint density at radius 2 is 2.03 bits per heavy atom. The number of rotatable bonds is 7. The van der Waals surface area contributed by atoms with Crippen LogP contribution in [0.5, 0.6) is 0 Å². The molecule has 1 amide bonds. The summed E-state index contributed by atoms with van der Waals surface area (Å²) < 4.78 is 3.64. The molecule has 1 aromatic carbocycles. The molecule has 0 fully saturated rings. The summed E-state index contributed by atoms with van der Waals surface area (Å²) in [5.41, 5.74) is 4.58. The average molecular weight is 467 g/mol. The minimum Gasteiger partial charge on any atom is -0.336 e. The third kappa shape index (κ3) is 4.46. The highest BCUT2D eigenvalue weighted by atomic mass is 35.5. The van der Waals surface area contributed by atoms with E-state index in [0.717, 1.165) is 29.2 Å². The van der Waals surface area contributed by atoms with E-state index in [2.05, 4.69) is 20.5 Å². The Labute approximate surface area is 197 Å². The minimum atomic E-state index is -0.216. The first-order chi connectivity index (χ1) is 15.8. The standard InChI is InChI=1S/C23H27ClN8O/c1-6-32-14(2)15(11-26-32)13-30(4)23(33)21-18-9-16(24)7-8-19(18)27-22(28-21)20-10-17(12-25-3)29-31(20)5/h7-11,25H,6,12-13H2,1-5H3. The van der Waals surface area contributed by atoms with Gasteiger partial charge in [-0.05, 0) is 45.2 Å². The number of carbonyl (C=O) groups is 1. The van der Waals surface area contributed by atoms with Gasteiger partial charge in [0.1, 0.15) is 11.4 Å². The van der Waals surface area contributed by atoms with Gasteiger partial charge < -0.3 is 10.2 Å². The second-order valence-electron chi connectivity index (χ2n) is 7.96. The van der Waals surface area contributed by atoms with E-state index >= 15 is 0 Å². The summed E-state index contributed by atoms with van der Waals surface area (Å²) in [6, 6.07) is 7.22. The zero-order chi connectivity index (χ0) is 23.7. The minimum absolute atomic E-state index is 0.216. The fraction of sp³-hybridized carbons (Fsp3) is 0.348. The van der Waals surface area contributed by atoms with Gasteiger partial charge >= 0.3 is 0 Å². The molecular formula is C23H27ClN8O. The SMILES string of the molecule is CCn1ncc(CN(C)C(=O)c2nc(-c3cc(CNC)nn3C)nc3ccc(Cl)cc23)c1C. The summed E-state index contributed by atoms with van der Waals surface area (Å²) >= 11 is 6.25. The van der Waals surface area contributed by atoms with Gasteiger partial charge in [-0.3, -0.25) is 14.2 Å². The molecule has 0 bridgehead atoms. The molecule has 0 aliphatic heterocycles. The lowest BCUT2D eigenvalue weighted by atomic mass is 10.1. The number of amides is 1. The van der Waals surface area contributed by atoms with Crippen LogP contribution in [0.15, 0.2) is 30.5 Å². The van der Waals surface area contributed by atoms with Crippen molar-refractivity contribution in [2.24, 2.45) is 7.05 Å². The summed E-state index contributed by atoms with van der Waals surface area (Å²) in [6.07, 6.45) is 1.81. The lowest BCUT2D eigenvalue weighted by Crippen LogP contribution is -2.28. The molecule has 9 nitrogen and oxygen atoms in total. The van der Waals surface area contributed by atoms with Crippen LogP contribution >= 0.6 is 11.6 Å². The second kappa shape index (κ2) is 9.29. The van der Waals surface area contributed by atoms with Gasteiger partial charge in [0.2, 0.25) is 0 Å². The van der Waals surface area contributed by atoms with Crippen molar-refractivity contribution in [3.8, 4) is 11.5 Å². The lowest BCUT2D eigenvalue weighted by molar-refractivity contribution is 0.0781. The maximum Gasteiger partial charge on any atom is 0.273 e. The van der Waals surface area contributed by atoms with Crippen molar-refractivity contribution < 1.29 is 4.79 Å². The number of benzene rings is 1. The van der Waals surface area contributed by atoms with E-state index in [-0.39, 0.29) is 5.91 Å². The van der Waals surface area contributed by atoms with Crippen LogP contribution in [-0.2, 0) is 26.7 Å². The highest BCUT2D eigenvalue weighted by Gasteiger charge is 2.22. The molecule has 3 heterocycles. The number of nitrogens with one attached hydrogen (secondary N) is 1. The summed E-state index contributed by atoms with van der Waals surface area (Å²) in [6.45, 7) is 5.87. The summed E-state index contributed by atoms with van der Waals surface area (Å²) in [7, 11) is 5.47. The Bertz CT molecular complexity index is 1330. The fourth-order valence-electron chi connectivity index (χ4n) is 3.85. The van der Waals surface area contributed by atoms with Gasteiger partial charge in [-0.1, -0.05) is 11.6 Å². The Balaban J connectivity index is 1.77. The van der Waals surface area contributed by atoms with Crippen LogP contribution in [0.2, 0.25) is 5.02 Å². The molecule has 33 heavy (non-hydrogen) atoms. The average Bonchev–Trinajstić information content (AvgIpc) is 3.34. The maximum absolute atomic E-state index is 13.6. The van der Waals surface area contributed by atoms with Crippen LogP contribution in [0.1, 0.15) is 34.4 Å². The molecule has 0 aliphatic carbocycles. The molecule has 0 saturated heterocycles. The van der Waals surface area contributed by atoms with Crippen LogP contribution in [0, 0.1) is 6.92 Å². The van der Waals surface area contributed by atoms with E-state index in [0.29, 0.717) is 40.5 Å². The van der Waals surface area contributed by atoms with E-state index in [1.165, 1.54) is 0 Å². The molecular weight excluding hydrogens is 440 g/mol. The molecule has 4 aromatic rings. The normalized spacial score (nSPS) is 11.3.